The third-order valence-corrected chi connectivity index (χ3v) is 3.24. The van der Waals surface area contributed by atoms with Gasteiger partial charge in [-0.3, -0.25) is 4.79 Å². The van der Waals surface area contributed by atoms with E-state index in [9.17, 15) is 4.79 Å². The van der Waals surface area contributed by atoms with Crippen LogP contribution in [-0.2, 0) is 6.42 Å². The van der Waals surface area contributed by atoms with Crippen molar-refractivity contribution in [1.29, 1.82) is 0 Å². The number of carbonyl (C=O) groups excluding carboxylic acids is 1. The summed E-state index contributed by atoms with van der Waals surface area (Å²) >= 11 is 4.47. The average molecular weight is 312 g/mol. The highest BCUT2D eigenvalue weighted by molar-refractivity contribution is 9.09. The number of hydrogen-bond donors (Lipinski definition) is 1. The molecule has 2 rings (SSSR count). The van der Waals surface area contributed by atoms with Gasteiger partial charge in [0.15, 0.2) is 0 Å². The van der Waals surface area contributed by atoms with Crippen LogP contribution in [0.4, 0.5) is 5.69 Å². The van der Waals surface area contributed by atoms with Gasteiger partial charge in [-0.1, -0.05) is 32.6 Å². The lowest BCUT2D eigenvalue weighted by Crippen LogP contribution is -2.10. The summed E-state index contributed by atoms with van der Waals surface area (Å²) in [5.41, 5.74) is 2.01. The zero-order valence-electron chi connectivity index (χ0n) is 8.89. The van der Waals surface area contributed by atoms with Crippen molar-refractivity contribution in [2.45, 2.75) is 6.42 Å². The SMILES string of the molecule is O=C(Nc1ccc(CCBr)cc1)c1cnns1. The molecule has 0 radical (unpaired) electrons. The summed E-state index contributed by atoms with van der Waals surface area (Å²) in [4.78, 5) is 12.2. The van der Waals surface area contributed by atoms with Crippen LogP contribution < -0.4 is 5.32 Å². The first kappa shape index (κ1) is 12.2. The maximum absolute atomic E-state index is 11.7. The van der Waals surface area contributed by atoms with E-state index in [1.165, 1.54) is 11.8 Å². The number of alkyl halides is 1. The first-order chi connectivity index (χ1) is 8.29. The summed E-state index contributed by atoms with van der Waals surface area (Å²) in [6, 6.07) is 7.79. The van der Waals surface area contributed by atoms with Crippen molar-refractivity contribution in [3.63, 3.8) is 0 Å². The summed E-state index contributed by atoms with van der Waals surface area (Å²) in [5.74, 6) is -0.173. The molecule has 0 aliphatic carbocycles. The number of rotatable bonds is 4. The number of aromatic nitrogens is 2. The van der Waals surface area contributed by atoms with Gasteiger partial charge < -0.3 is 5.32 Å². The van der Waals surface area contributed by atoms with E-state index in [1.807, 2.05) is 24.3 Å². The Balaban J connectivity index is 2.01. The largest absolute Gasteiger partial charge is 0.321 e. The van der Waals surface area contributed by atoms with Crippen LogP contribution >= 0.6 is 27.5 Å². The summed E-state index contributed by atoms with van der Waals surface area (Å²) in [7, 11) is 0. The van der Waals surface area contributed by atoms with Crippen molar-refractivity contribution in [3.8, 4) is 0 Å². The molecule has 0 spiro atoms. The normalized spacial score (nSPS) is 10.2. The zero-order chi connectivity index (χ0) is 12.1. The molecule has 0 atom stereocenters. The Morgan fingerprint density at radius 3 is 2.71 bits per heavy atom. The molecule has 0 unspecified atom stereocenters. The minimum atomic E-state index is -0.173. The second-order valence-electron chi connectivity index (χ2n) is 3.37. The Kier molecular flexibility index (Phi) is 4.22. The quantitative estimate of drug-likeness (QED) is 0.883. The van der Waals surface area contributed by atoms with Gasteiger partial charge in [0, 0.05) is 11.0 Å². The minimum absolute atomic E-state index is 0.173. The molecule has 17 heavy (non-hydrogen) atoms. The third kappa shape index (κ3) is 3.34. The monoisotopic (exact) mass is 311 g/mol. The van der Waals surface area contributed by atoms with E-state index in [2.05, 4.69) is 30.8 Å². The fourth-order valence-corrected chi connectivity index (χ4v) is 2.19. The third-order valence-electron chi connectivity index (χ3n) is 2.18. The Morgan fingerprint density at radius 1 is 1.35 bits per heavy atom. The van der Waals surface area contributed by atoms with E-state index in [0.717, 1.165) is 29.0 Å². The number of nitrogens with zero attached hydrogens (tertiary/aromatic N) is 2. The standard InChI is InChI=1S/C11H10BrN3OS/c12-6-5-8-1-3-9(4-2-8)14-11(16)10-7-13-15-17-10/h1-4,7H,5-6H2,(H,14,16). The molecule has 1 amide bonds. The lowest BCUT2D eigenvalue weighted by Gasteiger charge is -2.04. The van der Waals surface area contributed by atoms with Gasteiger partial charge in [-0.15, -0.1) is 5.10 Å². The maximum atomic E-state index is 11.7. The molecule has 1 aromatic heterocycles. The summed E-state index contributed by atoms with van der Waals surface area (Å²) < 4.78 is 3.65. The highest BCUT2D eigenvalue weighted by Gasteiger charge is 2.08. The van der Waals surface area contributed by atoms with E-state index in [1.54, 1.807) is 0 Å². The topological polar surface area (TPSA) is 54.9 Å². The molecule has 1 aromatic carbocycles. The van der Waals surface area contributed by atoms with E-state index in [4.69, 9.17) is 0 Å². The molecule has 4 nitrogen and oxygen atoms in total. The highest BCUT2D eigenvalue weighted by atomic mass is 79.9. The van der Waals surface area contributed by atoms with E-state index in [0.29, 0.717) is 4.88 Å². The smallest absolute Gasteiger partial charge is 0.269 e. The fourth-order valence-electron chi connectivity index (χ4n) is 1.32. The molecule has 2 aromatic rings. The number of aryl methyl sites for hydroxylation is 1. The molecule has 6 heteroatoms. The average Bonchev–Trinajstić information content (AvgIpc) is 2.86. The highest BCUT2D eigenvalue weighted by Crippen LogP contribution is 2.13. The lowest BCUT2D eigenvalue weighted by molar-refractivity contribution is 0.103. The number of amides is 1. The molecule has 0 fully saturated rings. The van der Waals surface area contributed by atoms with E-state index >= 15 is 0 Å². The van der Waals surface area contributed by atoms with Crippen molar-refractivity contribution in [2.75, 3.05) is 10.6 Å². The summed E-state index contributed by atoms with van der Waals surface area (Å²) in [6.07, 6.45) is 2.44. The molecule has 1 N–H and O–H groups in total. The van der Waals surface area contributed by atoms with Gasteiger partial charge in [0.2, 0.25) is 0 Å². The second-order valence-corrected chi connectivity index (χ2v) is 4.95. The summed E-state index contributed by atoms with van der Waals surface area (Å²) in [5, 5.41) is 7.35. The predicted octanol–water partition coefficient (Wildman–Crippen LogP) is 2.73. The van der Waals surface area contributed by atoms with Gasteiger partial charge >= 0.3 is 0 Å². The van der Waals surface area contributed by atoms with Gasteiger partial charge in [-0.05, 0) is 35.6 Å². The van der Waals surface area contributed by atoms with Gasteiger partial charge in [-0.25, -0.2) is 0 Å². The number of benzene rings is 1. The number of carbonyl (C=O) groups is 1. The lowest BCUT2D eigenvalue weighted by atomic mass is 10.1. The minimum Gasteiger partial charge on any atom is -0.321 e. The number of halogens is 1. The number of anilines is 1. The Labute approximate surface area is 111 Å². The molecule has 1 heterocycles. The fraction of sp³-hybridized carbons (Fsp3) is 0.182. The molecule has 88 valence electrons. The maximum Gasteiger partial charge on any atom is 0.269 e. The molecule has 0 saturated heterocycles. The second kappa shape index (κ2) is 5.88. The van der Waals surface area contributed by atoms with E-state index in [-0.39, 0.29) is 5.91 Å². The van der Waals surface area contributed by atoms with Gasteiger partial charge in [0.25, 0.3) is 5.91 Å². The molecule has 0 aliphatic heterocycles. The molecule has 0 bridgehead atoms. The van der Waals surface area contributed by atoms with Crippen molar-refractivity contribution in [3.05, 3.63) is 40.9 Å². The Hall–Kier alpha value is -1.27. The first-order valence-electron chi connectivity index (χ1n) is 5.03. The van der Waals surface area contributed by atoms with Crippen LogP contribution in [0.2, 0.25) is 0 Å². The molecule has 0 saturated carbocycles. The van der Waals surface area contributed by atoms with Crippen LogP contribution in [-0.4, -0.2) is 20.8 Å². The van der Waals surface area contributed by atoms with E-state index < -0.39 is 0 Å². The van der Waals surface area contributed by atoms with Crippen LogP contribution in [0.25, 0.3) is 0 Å². The van der Waals surface area contributed by atoms with Crippen molar-refractivity contribution in [1.82, 2.24) is 9.59 Å². The molecule has 0 aliphatic rings. The molecular weight excluding hydrogens is 302 g/mol. The predicted molar refractivity (Wildman–Crippen MR) is 71.8 cm³/mol. The number of hydrogen-bond acceptors (Lipinski definition) is 4. The van der Waals surface area contributed by atoms with Crippen LogP contribution in [0.3, 0.4) is 0 Å². The zero-order valence-corrected chi connectivity index (χ0v) is 11.3. The van der Waals surface area contributed by atoms with Gasteiger partial charge in [-0.2, -0.15) is 0 Å². The van der Waals surface area contributed by atoms with Gasteiger partial charge in [0.05, 0.1) is 6.20 Å². The van der Waals surface area contributed by atoms with Gasteiger partial charge in [0.1, 0.15) is 4.88 Å². The van der Waals surface area contributed by atoms with Crippen molar-refractivity contribution in [2.24, 2.45) is 0 Å². The van der Waals surface area contributed by atoms with Crippen molar-refractivity contribution >= 4 is 39.1 Å². The Morgan fingerprint density at radius 2 is 2.12 bits per heavy atom. The van der Waals surface area contributed by atoms with Crippen LogP contribution in [0.15, 0.2) is 30.5 Å². The number of nitrogens with one attached hydrogen (secondary N) is 1. The first-order valence-corrected chi connectivity index (χ1v) is 6.92. The summed E-state index contributed by atoms with van der Waals surface area (Å²) in [6.45, 7) is 0. The van der Waals surface area contributed by atoms with Crippen molar-refractivity contribution < 1.29 is 4.79 Å². The molecular formula is C11H10BrN3OS. The van der Waals surface area contributed by atoms with Crippen LogP contribution in [0.5, 0.6) is 0 Å². The Bertz CT molecular complexity index is 484. The van der Waals surface area contributed by atoms with Crippen LogP contribution in [0, 0.1) is 0 Å². The van der Waals surface area contributed by atoms with Crippen LogP contribution in [0.1, 0.15) is 15.2 Å².